The van der Waals surface area contributed by atoms with Gasteiger partial charge in [-0.2, -0.15) is 74.6 Å². The molecule has 0 heterocycles. The quantitative estimate of drug-likeness (QED) is 0.197. The second-order valence-electron chi connectivity index (χ2n) is 6.43. The van der Waals surface area contributed by atoms with Gasteiger partial charge in [-0.15, -0.1) is 0 Å². The third-order valence-electron chi connectivity index (χ3n) is 4.34. The Balaban J connectivity index is 0. The number of hydrogen-bond acceptors (Lipinski definition) is 3. The molecule has 0 unspecified atom stereocenters. The fraction of sp³-hybridized carbons (Fsp3) is 1.00. The lowest BCUT2D eigenvalue weighted by Crippen LogP contribution is -2.77. The molecule has 0 saturated carbocycles. The lowest BCUT2D eigenvalue weighted by Gasteiger charge is -2.44. The second kappa shape index (κ2) is 9.95. The van der Waals surface area contributed by atoms with E-state index in [4.69, 9.17) is 0 Å². The average Bonchev–Trinajstić information content (AvgIpc) is 2.66. The van der Waals surface area contributed by atoms with Gasteiger partial charge in [0.25, 0.3) is 0 Å². The summed E-state index contributed by atoms with van der Waals surface area (Å²) in [7, 11) is -6.45. The highest BCUT2D eigenvalue weighted by Crippen LogP contribution is 2.63. The molecule has 0 aromatic carbocycles. The summed E-state index contributed by atoms with van der Waals surface area (Å²) in [6, 6.07) is 0. The maximum absolute atomic E-state index is 14.1. The van der Waals surface area contributed by atoms with E-state index in [1.54, 1.807) is 0 Å². The summed E-state index contributed by atoms with van der Waals surface area (Å²) in [6.07, 6.45) is -12.2. The van der Waals surface area contributed by atoms with E-state index >= 15 is 0 Å². The zero-order valence-corrected chi connectivity index (χ0v) is 18.0. The van der Waals surface area contributed by atoms with Crippen LogP contribution in [0.3, 0.4) is 0 Å². The van der Waals surface area contributed by atoms with E-state index in [1.807, 2.05) is 0 Å². The molecule has 0 aromatic heterocycles. The van der Waals surface area contributed by atoms with E-state index in [1.165, 1.54) is 0 Å². The summed E-state index contributed by atoms with van der Waals surface area (Å²) in [5, 5.41) is 0. The van der Waals surface area contributed by atoms with Crippen molar-refractivity contribution in [1.29, 1.82) is 0 Å². The summed E-state index contributed by atoms with van der Waals surface area (Å²) >= 11 is 0. The van der Waals surface area contributed by atoms with Gasteiger partial charge in [-0.3, -0.25) is 4.70 Å². The Morgan fingerprint density at radius 2 is 0.743 bits per heavy atom. The molecule has 214 valence electrons. The van der Waals surface area contributed by atoms with Gasteiger partial charge in [0.1, 0.15) is 0 Å². The van der Waals surface area contributed by atoms with Crippen LogP contribution in [0.5, 0.6) is 0 Å². The largest absolute Gasteiger partial charge is 0.581 e. The molecule has 22 heteroatoms. The van der Waals surface area contributed by atoms with Crippen LogP contribution in [0.15, 0.2) is 0 Å². The normalized spacial score (nSPS) is 15.8. The molecule has 3 nitrogen and oxygen atoms in total. The molecule has 0 radical (unpaired) electrons. The maximum Gasteiger partial charge on any atom is 0.581 e. The number of alkyl halides is 17. The van der Waals surface area contributed by atoms with Crippen molar-refractivity contribution in [3.8, 4) is 0 Å². The van der Waals surface area contributed by atoms with Crippen LogP contribution < -0.4 is 0 Å². The molecule has 0 aliphatic rings. The van der Waals surface area contributed by atoms with Crippen molar-refractivity contribution in [2.24, 2.45) is 0 Å². The van der Waals surface area contributed by atoms with Crippen LogP contribution in [0, 0.1) is 0 Å². The lowest BCUT2D eigenvalue weighted by molar-refractivity contribution is -0.438. The Kier molecular flexibility index (Phi) is 10.2. The van der Waals surface area contributed by atoms with Crippen LogP contribution in [0.2, 0.25) is 0 Å². The van der Waals surface area contributed by atoms with Gasteiger partial charge in [0.2, 0.25) is 0 Å². The van der Waals surface area contributed by atoms with Gasteiger partial charge in [-0.05, 0) is 0 Å². The third kappa shape index (κ3) is 5.15. The highest BCUT2D eigenvalue weighted by Gasteiger charge is 2.95. The first-order chi connectivity index (χ1) is 14.6. The molecular formula is C13H14F18O3Si. The van der Waals surface area contributed by atoms with E-state index in [2.05, 4.69) is 13.3 Å². The molecule has 0 rings (SSSR count). The van der Waals surface area contributed by atoms with Gasteiger partial charge in [0.15, 0.2) is 0 Å². The lowest BCUT2D eigenvalue weighted by atomic mass is 9.90. The van der Waals surface area contributed by atoms with Crippen LogP contribution in [0.4, 0.5) is 79.3 Å². The first-order valence-electron chi connectivity index (χ1n) is 8.01. The predicted molar refractivity (Wildman–Crippen MR) is 79.2 cm³/mol. The Morgan fingerprint density at radius 3 is 1.03 bits per heavy atom. The minimum absolute atomic E-state index is 0. The van der Waals surface area contributed by atoms with Crippen molar-refractivity contribution in [2.45, 2.75) is 60.1 Å². The standard InChI is InChI=1S/C13H13F17O3Si.FH/c1-31-34(32-2,33-3)13(29,30)12(27,28)11(25,26)10(23,24)9(21,22)8(19,20)6(14,15)4-5-7(16,17)18;/h4-5H2,1-3H3;1H. The van der Waals surface area contributed by atoms with E-state index in [-0.39, 0.29) is 26.0 Å². The van der Waals surface area contributed by atoms with E-state index in [9.17, 15) is 74.6 Å². The van der Waals surface area contributed by atoms with Crippen LogP contribution in [0.25, 0.3) is 0 Å². The van der Waals surface area contributed by atoms with Crippen LogP contribution >= 0.6 is 0 Å². The van der Waals surface area contributed by atoms with E-state index < -0.39 is 68.9 Å². The minimum Gasteiger partial charge on any atom is -0.373 e. The van der Waals surface area contributed by atoms with E-state index in [0.717, 1.165) is 0 Å². The van der Waals surface area contributed by atoms with Gasteiger partial charge >= 0.3 is 56.1 Å². The molecule has 0 fully saturated rings. The topological polar surface area (TPSA) is 27.7 Å². The zero-order chi connectivity index (χ0) is 28.0. The number of halogens is 18. The van der Waals surface area contributed by atoms with Crippen molar-refractivity contribution < 1.29 is 92.6 Å². The molecule has 0 atom stereocenters. The minimum atomic E-state index is -8.44. The smallest absolute Gasteiger partial charge is 0.373 e. The zero-order valence-electron chi connectivity index (χ0n) is 17.0. The first kappa shape index (κ1) is 36.0. The summed E-state index contributed by atoms with van der Waals surface area (Å²) in [5.74, 6) is -47.6. The molecule has 0 bridgehead atoms. The molecule has 0 saturated heterocycles. The second-order valence-corrected chi connectivity index (χ2v) is 9.40. The Morgan fingerprint density at radius 1 is 0.457 bits per heavy atom. The summed E-state index contributed by atoms with van der Waals surface area (Å²) in [6.45, 7) is 0. The fourth-order valence-corrected chi connectivity index (χ4v) is 4.11. The molecule has 0 N–H and O–H groups in total. The van der Waals surface area contributed by atoms with Gasteiger partial charge in [0.05, 0.1) is 0 Å². The molecular weight excluding hydrogens is 574 g/mol. The molecule has 0 aromatic rings. The van der Waals surface area contributed by atoms with Crippen LogP contribution in [0.1, 0.15) is 12.8 Å². The van der Waals surface area contributed by atoms with Crippen molar-refractivity contribution in [3.05, 3.63) is 0 Å². The van der Waals surface area contributed by atoms with Crippen molar-refractivity contribution in [2.75, 3.05) is 21.3 Å². The van der Waals surface area contributed by atoms with Crippen molar-refractivity contribution in [3.63, 3.8) is 0 Å². The highest BCUT2D eigenvalue weighted by molar-refractivity contribution is 6.63. The molecule has 0 aliphatic heterocycles. The molecule has 35 heavy (non-hydrogen) atoms. The Hall–Kier alpha value is -1.16. The predicted octanol–water partition coefficient (Wildman–Crippen LogP) is 6.35. The first-order valence-corrected chi connectivity index (χ1v) is 9.73. The molecule has 0 aliphatic carbocycles. The van der Waals surface area contributed by atoms with Crippen molar-refractivity contribution in [1.82, 2.24) is 0 Å². The maximum atomic E-state index is 14.1. The third-order valence-corrected chi connectivity index (χ3v) is 7.04. The SMILES string of the molecule is CO[Si](OC)(OC)C(F)(F)C(F)(F)C(F)(F)C(F)(F)C(F)(F)C(F)(F)C(F)(F)CCC(F)(F)F.F. The van der Waals surface area contributed by atoms with Gasteiger partial charge in [-0.25, -0.2) is 0 Å². The number of hydrogen-bond donors (Lipinski definition) is 0. The Bertz CT molecular complexity index is 694. The highest BCUT2D eigenvalue weighted by atomic mass is 28.4. The monoisotopic (exact) mass is 588 g/mol. The van der Waals surface area contributed by atoms with Crippen LogP contribution in [-0.2, 0) is 13.3 Å². The van der Waals surface area contributed by atoms with Crippen molar-refractivity contribution >= 4 is 8.80 Å². The summed E-state index contributed by atoms with van der Waals surface area (Å²) in [5.41, 5.74) is -6.80. The van der Waals surface area contributed by atoms with Gasteiger partial charge < -0.3 is 13.3 Å². The average molecular weight is 588 g/mol. The fourth-order valence-electron chi connectivity index (χ4n) is 2.30. The van der Waals surface area contributed by atoms with Gasteiger partial charge in [-0.1, -0.05) is 0 Å². The molecule has 0 amide bonds. The summed E-state index contributed by atoms with van der Waals surface area (Å²) in [4.78, 5) is 0. The van der Waals surface area contributed by atoms with Gasteiger partial charge in [0, 0.05) is 34.2 Å². The summed E-state index contributed by atoms with van der Waals surface area (Å²) < 4.78 is 239. The van der Waals surface area contributed by atoms with E-state index in [0.29, 0.717) is 0 Å². The van der Waals surface area contributed by atoms with Crippen LogP contribution in [-0.4, -0.2) is 77.4 Å². The number of rotatable bonds is 12. The molecule has 0 spiro atoms. The Labute approximate surface area is 184 Å².